The van der Waals surface area contributed by atoms with E-state index in [1.54, 1.807) is 24.3 Å². The average Bonchev–Trinajstić information content (AvgIpc) is 3.21. The summed E-state index contributed by atoms with van der Waals surface area (Å²) in [5.74, 6) is 0.184. The van der Waals surface area contributed by atoms with Gasteiger partial charge in [0.2, 0.25) is 0 Å². The van der Waals surface area contributed by atoms with Crippen LogP contribution < -0.4 is 11.1 Å². The Morgan fingerprint density at radius 2 is 2.38 bits per heavy atom. The summed E-state index contributed by atoms with van der Waals surface area (Å²) in [6.45, 7) is 0.495. The fourth-order valence-electron chi connectivity index (χ4n) is 1.96. The molecular weight excluding hydrogens is 286 g/mol. The zero-order valence-electron chi connectivity index (χ0n) is 11.7. The molecule has 0 unspecified atom stereocenters. The Balaban J connectivity index is 1.70. The van der Waals surface area contributed by atoms with Crippen LogP contribution in [0.5, 0.6) is 0 Å². The van der Waals surface area contributed by atoms with Gasteiger partial charge in [-0.05, 0) is 24.5 Å². The van der Waals surface area contributed by atoms with Crippen molar-refractivity contribution in [3.8, 4) is 0 Å². The third kappa shape index (κ3) is 3.30. The van der Waals surface area contributed by atoms with Crippen LogP contribution in [0.15, 0.2) is 24.5 Å². The Morgan fingerprint density at radius 3 is 3.05 bits per heavy atom. The molecule has 2 aromatic heterocycles. The van der Waals surface area contributed by atoms with Crippen molar-refractivity contribution in [1.29, 1.82) is 0 Å². The minimum atomic E-state index is -0.113. The second-order valence-corrected chi connectivity index (χ2v) is 6.17. The second kappa shape index (κ2) is 5.69. The van der Waals surface area contributed by atoms with Gasteiger partial charge in [0.25, 0.3) is 5.91 Å². The van der Waals surface area contributed by atoms with E-state index < -0.39 is 0 Å². The molecule has 0 radical (unpaired) electrons. The highest BCUT2D eigenvalue weighted by atomic mass is 32.1. The number of carbonyl (C=O) groups excluding carboxylic acids is 1. The van der Waals surface area contributed by atoms with Crippen LogP contribution in [0.25, 0.3) is 0 Å². The average molecular weight is 303 g/mol. The van der Waals surface area contributed by atoms with Gasteiger partial charge in [0.1, 0.15) is 10.7 Å². The normalized spacial score (nSPS) is 14.0. The molecule has 110 valence electrons. The molecule has 0 atom stereocenters. The summed E-state index contributed by atoms with van der Waals surface area (Å²) in [6.07, 6.45) is 5.77. The van der Waals surface area contributed by atoms with Gasteiger partial charge in [-0.1, -0.05) is 17.4 Å². The van der Waals surface area contributed by atoms with Crippen molar-refractivity contribution in [2.75, 3.05) is 18.1 Å². The molecule has 1 aliphatic carbocycles. The summed E-state index contributed by atoms with van der Waals surface area (Å²) in [5.41, 5.74) is 6.85. The van der Waals surface area contributed by atoms with Crippen molar-refractivity contribution in [2.45, 2.75) is 25.4 Å². The van der Waals surface area contributed by atoms with E-state index >= 15 is 0 Å². The molecule has 0 saturated heterocycles. The summed E-state index contributed by atoms with van der Waals surface area (Å²) in [5, 5.41) is 4.00. The SMILES string of the molecule is CN(Cc1cccnc1)C(=O)c1sc(NC2CC2)nc1N. The van der Waals surface area contributed by atoms with Gasteiger partial charge in [0.15, 0.2) is 5.13 Å². The van der Waals surface area contributed by atoms with Crippen molar-refractivity contribution in [3.63, 3.8) is 0 Å². The van der Waals surface area contributed by atoms with Gasteiger partial charge >= 0.3 is 0 Å². The van der Waals surface area contributed by atoms with E-state index in [-0.39, 0.29) is 5.91 Å². The second-order valence-electron chi connectivity index (χ2n) is 5.17. The first-order valence-corrected chi connectivity index (χ1v) is 7.62. The predicted octanol–water partition coefficient (Wildman–Crippen LogP) is 1.97. The molecule has 0 spiro atoms. The quantitative estimate of drug-likeness (QED) is 0.882. The van der Waals surface area contributed by atoms with Crippen LogP contribution in [0.3, 0.4) is 0 Å². The summed E-state index contributed by atoms with van der Waals surface area (Å²) in [4.78, 5) is 22.8. The van der Waals surface area contributed by atoms with Crippen LogP contribution in [-0.4, -0.2) is 33.9 Å². The molecule has 21 heavy (non-hydrogen) atoms. The molecule has 1 aliphatic rings. The van der Waals surface area contributed by atoms with Crippen molar-refractivity contribution < 1.29 is 4.79 Å². The number of amides is 1. The van der Waals surface area contributed by atoms with Crippen LogP contribution in [-0.2, 0) is 6.54 Å². The molecule has 2 aromatic rings. The lowest BCUT2D eigenvalue weighted by atomic mass is 10.2. The molecule has 7 heteroatoms. The van der Waals surface area contributed by atoms with Crippen LogP contribution in [0.1, 0.15) is 28.1 Å². The molecule has 0 bridgehead atoms. The van der Waals surface area contributed by atoms with Crippen molar-refractivity contribution in [1.82, 2.24) is 14.9 Å². The van der Waals surface area contributed by atoms with E-state index in [4.69, 9.17) is 5.73 Å². The number of carbonyl (C=O) groups is 1. The topological polar surface area (TPSA) is 84.1 Å². The molecule has 3 rings (SSSR count). The Hall–Kier alpha value is -2.15. The number of nitrogen functional groups attached to an aromatic ring is 1. The summed E-state index contributed by atoms with van der Waals surface area (Å²) in [7, 11) is 1.75. The maximum Gasteiger partial charge on any atom is 0.267 e. The number of hydrogen-bond acceptors (Lipinski definition) is 6. The highest BCUT2D eigenvalue weighted by Crippen LogP contribution is 2.31. The number of pyridine rings is 1. The van der Waals surface area contributed by atoms with Gasteiger partial charge in [-0.2, -0.15) is 0 Å². The number of rotatable bonds is 5. The van der Waals surface area contributed by atoms with Crippen molar-refractivity contribution in [2.24, 2.45) is 0 Å². The summed E-state index contributed by atoms with van der Waals surface area (Å²) < 4.78 is 0. The zero-order valence-corrected chi connectivity index (χ0v) is 12.6. The van der Waals surface area contributed by atoms with E-state index in [0.717, 1.165) is 23.5 Å². The van der Waals surface area contributed by atoms with Gasteiger partial charge in [-0.25, -0.2) is 4.98 Å². The fourth-order valence-corrected chi connectivity index (χ4v) is 2.92. The molecule has 0 aliphatic heterocycles. The van der Waals surface area contributed by atoms with Crippen LogP contribution in [0, 0.1) is 0 Å². The van der Waals surface area contributed by atoms with Gasteiger partial charge in [0, 0.05) is 32.0 Å². The largest absolute Gasteiger partial charge is 0.382 e. The van der Waals surface area contributed by atoms with Crippen molar-refractivity contribution >= 4 is 28.2 Å². The van der Waals surface area contributed by atoms with Gasteiger partial charge in [-0.15, -0.1) is 0 Å². The Kier molecular flexibility index (Phi) is 3.74. The van der Waals surface area contributed by atoms with E-state index in [1.807, 2.05) is 12.1 Å². The minimum Gasteiger partial charge on any atom is -0.382 e. The summed E-state index contributed by atoms with van der Waals surface area (Å²) in [6, 6.07) is 4.28. The Morgan fingerprint density at radius 1 is 1.57 bits per heavy atom. The first kappa shape index (κ1) is 13.8. The number of hydrogen-bond donors (Lipinski definition) is 2. The molecule has 6 nitrogen and oxygen atoms in total. The molecule has 3 N–H and O–H groups in total. The first-order chi connectivity index (χ1) is 10.1. The lowest BCUT2D eigenvalue weighted by Crippen LogP contribution is -2.26. The van der Waals surface area contributed by atoms with E-state index in [1.165, 1.54) is 11.3 Å². The number of nitrogens with zero attached hydrogens (tertiary/aromatic N) is 3. The van der Waals surface area contributed by atoms with Gasteiger partial charge in [-0.3, -0.25) is 9.78 Å². The number of thiazole rings is 1. The smallest absolute Gasteiger partial charge is 0.267 e. The monoisotopic (exact) mass is 303 g/mol. The molecule has 1 amide bonds. The lowest BCUT2D eigenvalue weighted by Gasteiger charge is -2.16. The Labute approximate surface area is 127 Å². The molecular formula is C14H17N5OS. The minimum absolute atomic E-state index is 0.113. The highest BCUT2D eigenvalue weighted by molar-refractivity contribution is 7.18. The molecule has 2 heterocycles. The first-order valence-electron chi connectivity index (χ1n) is 6.80. The van der Waals surface area contributed by atoms with Crippen LogP contribution >= 0.6 is 11.3 Å². The standard InChI is InChI=1S/C14H17N5OS/c1-19(8-9-3-2-6-16-7-9)13(20)11-12(15)18-14(21-11)17-10-4-5-10/h2-3,6-7,10H,4-5,8,15H2,1H3,(H,17,18). The van der Waals surface area contributed by atoms with Gasteiger partial charge < -0.3 is 16.0 Å². The number of aromatic nitrogens is 2. The number of anilines is 2. The van der Waals surface area contributed by atoms with E-state index in [0.29, 0.717) is 23.3 Å². The van der Waals surface area contributed by atoms with Crippen molar-refractivity contribution in [3.05, 3.63) is 35.0 Å². The highest BCUT2D eigenvalue weighted by Gasteiger charge is 2.25. The zero-order chi connectivity index (χ0) is 14.8. The third-order valence-electron chi connectivity index (χ3n) is 3.24. The maximum absolute atomic E-state index is 12.5. The summed E-state index contributed by atoms with van der Waals surface area (Å²) >= 11 is 1.32. The van der Waals surface area contributed by atoms with E-state index in [2.05, 4.69) is 15.3 Å². The molecule has 0 aromatic carbocycles. The molecule has 1 saturated carbocycles. The van der Waals surface area contributed by atoms with Crippen LogP contribution in [0.2, 0.25) is 0 Å². The third-order valence-corrected chi connectivity index (χ3v) is 4.23. The predicted molar refractivity (Wildman–Crippen MR) is 83.2 cm³/mol. The molecule has 1 fully saturated rings. The lowest BCUT2D eigenvalue weighted by molar-refractivity contribution is 0.0790. The van der Waals surface area contributed by atoms with Crippen LogP contribution in [0.4, 0.5) is 10.9 Å². The van der Waals surface area contributed by atoms with Gasteiger partial charge in [0.05, 0.1) is 0 Å². The number of nitrogens with two attached hydrogens (primary N) is 1. The Bertz CT molecular complexity index is 638. The fraction of sp³-hybridized carbons (Fsp3) is 0.357. The maximum atomic E-state index is 12.5. The number of nitrogens with one attached hydrogen (secondary N) is 1. The van der Waals surface area contributed by atoms with E-state index in [9.17, 15) is 4.79 Å².